The lowest BCUT2D eigenvalue weighted by Gasteiger charge is -2.31. The summed E-state index contributed by atoms with van der Waals surface area (Å²) in [5.41, 5.74) is 0.855. The molecular formula is C19H28N2O3. The van der Waals surface area contributed by atoms with Crippen molar-refractivity contribution in [2.75, 3.05) is 25.2 Å². The molecule has 1 aromatic rings. The summed E-state index contributed by atoms with van der Waals surface area (Å²) < 4.78 is 11.3. The molecule has 2 amide bonds. The highest BCUT2D eigenvalue weighted by Gasteiger charge is 2.24. The number of carbonyl (C=O) groups excluding carboxylic acids is 1. The van der Waals surface area contributed by atoms with Gasteiger partial charge in [0, 0.05) is 24.3 Å². The van der Waals surface area contributed by atoms with Crippen LogP contribution in [0.1, 0.15) is 45.4 Å². The highest BCUT2D eigenvalue weighted by molar-refractivity contribution is 5.93. The number of nitrogens with zero attached hydrogens (tertiary/aromatic N) is 1. The van der Waals surface area contributed by atoms with E-state index in [1.54, 1.807) is 12.0 Å². The van der Waals surface area contributed by atoms with Crippen LogP contribution in [0.25, 0.3) is 0 Å². The minimum absolute atomic E-state index is 0.0469. The normalized spacial score (nSPS) is 20.7. The molecule has 5 nitrogen and oxygen atoms in total. The predicted molar refractivity (Wildman–Crippen MR) is 95.0 cm³/mol. The molecule has 1 aromatic carbocycles. The number of ether oxygens (including phenoxy) is 2. The fraction of sp³-hybridized carbons (Fsp3) is 0.632. The Kier molecular flexibility index (Phi) is 5.48. The molecule has 1 saturated heterocycles. The molecule has 1 atom stereocenters. The van der Waals surface area contributed by atoms with Crippen LogP contribution in [0, 0.1) is 5.92 Å². The molecule has 3 rings (SSSR count). The number of nitrogens with one attached hydrogen (secondary N) is 1. The number of carbonyl (C=O) groups is 1. The van der Waals surface area contributed by atoms with Gasteiger partial charge in [-0.3, -0.25) is 4.90 Å². The standard InChI is InChI=1S/C19H28N2O3/c1-14-10-11-21(19(22)20-14)16-8-9-17(23-2)18(13-16)24-12-4-3-5-15-6-7-15/h8-9,13-15H,3-7,10-12H2,1-2H3,(H,20,22)/t14-/m0/s1. The van der Waals surface area contributed by atoms with Crippen molar-refractivity contribution in [2.45, 2.75) is 51.5 Å². The Morgan fingerprint density at radius 2 is 2.04 bits per heavy atom. The van der Waals surface area contributed by atoms with Gasteiger partial charge in [-0.2, -0.15) is 0 Å². The van der Waals surface area contributed by atoms with Crippen LogP contribution in [0.4, 0.5) is 10.5 Å². The van der Waals surface area contributed by atoms with E-state index >= 15 is 0 Å². The van der Waals surface area contributed by atoms with Crippen LogP contribution in [-0.4, -0.2) is 32.3 Å². The SMILES string of the molecule is COc1ccc(N2CC[C@H](C)NC2=O)cc1OCCCCC1CC1. The molecule has 0 bridgehead atoms. The van der Waals surface area contributed by atoms with E-state index in [9.17, 15) is 4.79 Å². The molecule has 5 heteroatoms. The summed E-state index contributed by atoms with van der Waals surface area (Å²) in [6.45, 7) is 3.44. The first-order valence-corrected chi connectivity index (χ1v) is 9.06. The molecule has 1 aliphatic carbocycles. The zero-order chi connectivity index (χ0) is 16.9. The summed E-state index contributed by atoms with van der Waals surface area (Å²) in [5.74, 6) is 2.41. The maximum Gasteiger partial charge on any atom is 0.322 e. The van der Waals surface area contributed by atoms with Gasteiger partial charge in [0.05, 0.1) is 13.7 Å². The van der Waals surface area contributed by atoms with E-state index < -0.39 is 0 Å². The second-order valence-corrected chi connectivity index (χ2v) is 6.91. The first-order chi connectivity index (χ1) is 11.7. The van der Waals surface area contributed by atoms with E-state index in [0.717, 1.165) is 31.0 Å². The summed E-state index contributed by atoms with van der Waals surface area (Å²) in [6.07, 6.45) is 7.37. The van der Waals surface area contributed by atoms with Crippen molar-refractivity contribution in [1.29, 1.82) is 0 Å². The Morgan fingerprint density at radius 3 is 2.75 bits per heavy atom. The van der Waals surface area contributed by atoms with E-state index in [2.05, 4.69) is 5.32 Å². The lowest BCUT2D eigenvalue weighted by molar-refractivity contribution is 0.237. The second kappa shape index (κ2) is 7.77. The van der Waals surface area contributed by atoms with E-state index in [1.807, 2.05) is 25.1 Å². The Hall–Kier alpha value is -1.91. The third-order valence-corrected chi connectivity index (χ3v) is 4.82. The average molecular weight is 332 g/mol. The van der Waals surface area contributed by atoms with E-state index in [4.69, 9.17) is 9.47 Å². The van der Waals surface area contributed by atoms with Gasteiger partial charge in [-0.05, 0) is 44.2 Å². The topological polar surface area (TPSA) is 50.8 Å². The van der Waals surface area contributed by atoms with Gasteiger partial charge in [0.2, 0.25) is 0 Å². The number of unbranched alkanes of at least 4 members (excludes halogenated alkanes) is 1. The third-order valence-electron chi connectivity index (χ3n) is 4.82. The molecule has 24 heavy (non-hydrogen) atoms. The number of hydrogen-bond donors (Lipinski definition) is 1. The van der Waals surface area contributed by atoms with Crippen LogP contribution >= 0.6 is 0 Å². The van der Waals surface area contributed by atoms with Crippen molar-refractivity contribution in [3.63, 3.8) is 0 Å². The Balaban J connectivity index is 1.60. The maximum absolute atomic E-state index is 12.2. The van der Waals surface area contributed by atoms with Crippen molar-refractivity contribution >= 4 is 11.7 Å². The molecule has 1 N–H and O–H groups in total. The van der Waals surface area contributed by atoms with Gasteiger partial charge >= 0.3 is 6.03 Å². The molecule has 1 heterocycles. The van der Waals surface area contributed by atoms with Crippen LogP contribution < -0.4 is 19.7 Å². The van der Waals surface area contributed by atoms with Crippen molar-refractivity contribution < 1.29 is 14.3 Å². The monoisotopic (exact) mass is 332 g/mol. The molecular weight excluding hydrogens is 304 g/mol. The fourth-order valence-electron chi connectivity index (χ4n) is 3.10. The number of hydrogen-bond acceptors (Lipinski definition) is 3. The Bertz CT molecular complexity index is 572. The first-order valence-electron chi connectivity index (χ1n) is 9.06. The van der Waals surface area contributed by atoms with Crippen molar-refractivity contribution in [3.8, 4) is 11.5 Å². The zero-order valence-electron chi connectivity index (χ0n) is 14.7. The minimum atomic E-state index is -0.0469. The summed E-state index contributed by atoms with van der Waals surface area (Å²) in [5, 5.41) is 2.97. The van der Waals surface area contributed by atoms with Crippen molar-refractivity contribution in [1.82, 2.24) is 5.32 Å². The lowest BCUT2D eigenvalue weighted by Crippen LogP contribution is -2.50. The Morgan fingerprint density at radius 1 is 1.21 bits per heavy atom. The number of rotatable bonds is 8. The number of methoxy groups -OCH3 is 1. The fourth-order valence-corrected chi connectivity index (χ4v) is 3.10. The lowest BCUT2D eigenvalue weighted by atomic mass is 10.1. The molecule has 0 spiro atoms. The van der Waals surface area contributed by atoms with Crippen LogP contribution in [-0.2, 0) is 0 Å². The van der Waals surface area contributed by atoms with Gasteiger partial charge in [-0.15, -0.1) is 0 Å². The highest BCUT2D eigenvalue weighted by Crippen LogP contribution is 2.35. The second-order valence-electron chi connectivity index (χ2n) is 6.91. The third kappa shape index (κ3) is 4.34. The van der Waals surface area contributed by atoms with Gasteiger partial charge < -0.3 is 14.8 Å². The van der Waals surface area contributed by atoms with Crippen LogP contribution in [0.5, 0.6) is 11.5 Å². The summed E-state index contributed by atoms with van der Waals surface area (Å²) in [4.78, 5) is 13.9. The molecule has 1 aliphatic heterocycles. The quantitative estimate of drug-likeness (QED) is 0.733. The zero-order valence-corrected chi connectivity index (χ0v) is 14.7. The molecule has 2 fully saturated rings. The average Bonchev–Trinajstić information content (AvgIpc) is 3.39. The number of anilines is 1. The van der Waals surface area contributed by atoms with E-state index in [-0.39, 0.29) is 12.1 Å². The summed E-state index contributed by atoms with van der Waals surface area (Å²) in [6, 6.07) is 5.88. The molecule has 2 aliphatic rings. The van der Waals surface area contributed by atoms with E-state index in [0.29, 0.717) is 18.1 Å². The minimum Gasteiger partial charge on any atom is -0.493 e. The summed E-state index contributed by atoms with van der Waals surface area (Å²) >= 11 is 0. The summed E-state index contributed by atoms with van der Waals surface area (Å²) in [7, 11) is 1.64. The van der Waals surface area contributed by atoms with Gasteiger partial charge in [-0.25, -0.2) is 4.79 Å². The first kappa shape index (κ1) is 16.9. The molecule has 1 saturated carbocycles. The molecule has 0 radical (unpaired) electrons. The number of urea groups is 1. The molecule has 132 valence electrons. The van der Waals surface area contributed by atoms with E-state index in [1.165, 1.54) is 25.7 Å². The van der Waals surface area contributed by atoms with Gasteiger partial charge in [0.15, 0.2) is 11.5 Å². The maximum atomic E-state index is 12.2. The molecule has 0 unspecified atom stereocenters. The predicted octanol–water partition coefficient (Wildman–Crippen LogP) is 3.96. The smallest absolute Gasteiger partial charge is 0.322 e. The van der Waals surface area contributed by atoms with Gasteiger partial charge in [0.1, 0.15) is 0 Å². The van der Waals surface area contributed by atoms with Crippen molar-refractivity contribution in [2.24, 2.45) is 5.92 Å². The van der Waals surface area contributed by atoms with Crippen LogP contribution in [0.15, 0.2) is 18.2 Å². The highest BCUT2D eigenvalue weighted by atomic mass is 16.5. The largest absolute Gasteiger partial charge is 0.493 e. The van der Waals surface area contributed by atoms with Crippen LogP contribution in [0.3, 0.4) is 0 Å². The van der Waals surface area contributed by atoms with Crippen LogP contribution in [0.2, 0.25) is 0 Å². The number of benzene rings is 1. The van der Waals surface area contributed by atoms with Crippen molar-refractivity contribution in [3.05, 3.63) is 18.2 Å². The van der Waals surface area contributed by atoms with Gasteiger partial charge in [-0.1, -0.05) is 19.3 Å². The molecule has 0 aromatic heterocycles. The van der Waals surface area contributed by atoms with Gasteiger partial charge in [0.25, 0.3) is 0 Å². The number of amides is 2. The Labute approximate surface area is 144 Å².